The van der Waals surface area contributed by atoms with E-state index in [4.69, 9.17) is 9.47 Å². The average Bonchev–Trinajstić information content (AvgIpc) is 3.02. The van der Waals surface area contributed by atoms with Crippen molar-refractivity contribution in [3.05, 3.63) is 37.1 Å². The lowest BCUT2D eigenvalue weighted by molar-refractivity contribution is 0.0150. The molecule has 0 bridgehead atoms. The van der Waals surface area contributed by atoms with Crippen LogP contribution >= 0.6 is 0 Å². The third-order valence-electron chi connectivity index (χ3n) is 8.49. The maximum atomic E-state index is 12.3. The molecule has 0 fully saturated rings. The Morgan fingerprint density at radius 2 is 1.00 bits per heavy atom. The maximum Gasteiger partial charge on any atom is 0.508 e. The van der Waals surface area contributed by atoms with E-state index < -0.39 is 6.16 Å². The van der Waals surface area contributed by atoms with Gasteiger partial charge in [0.1, 0.15) is 6.10 Å². The molecule has 0 amide bonds. The minimum absolute atomic E-state index is 0.00587. The molecule has 45 heavy (non-hydrogen) atoms. The summed E-state index contributed by atoms with van der Waals surface area (Å²) in [6.45, 7) is 5.89. The van der Waals surface area contributed by atoms with Crippen molar-refractivity contribution < 1.29 is 14.3 Å². The molecule has 0 aromatic heterocycles. The second-order valence-corrected chi connectivity index (χ2v) is 13.4. The number of hydrogen-bond acceptors (Lipinski definition) is 4. The summed E-state index contributed by atoms with van der Waals surface area (Å²) in [5, 5.41) is 0. The van der Waals surface area contributed by atoms with Crippen LogP contribution < -0.4 is 0 Å². The van der Waals surface area contributed by atoms with E-state index in [1.165, 1.54) is 128 Å². The van der Waals surface area contributed by atoms with Crippen molar-refractivity contribution >= 4 is 6.16 Å². The van der Waals surface area contributed by atoms with Gasteiger partial charge in [-0.25, -0.2) is 4.79 Å². The number of carbonyl (C=O) groups is 1. The highest BCUT2D eigenvalue weighted by Crippen LogP contribution is 2.18. The highest BCUT2D eigenvalue weighted by atomic mass is 16.7. The molecule has 0 aliphatic heterocycles. The summed E-state index contributed by atoms with van der Waals surface area (Å²) < 4.78 is 11.2. The van der Waals surface area contributed by atoms with Gasteiger partial charge in [-0.3, -0.25) is 0 Å². The molecule has 0 saturated heterocycles. The van der Waals surface area contributed by atoms with E-state index in [9.17, 15) is 4.79 Å². The van der Waals surface area contributed by atoms with Gasteiger partial charge in [0.2, 0.25) is 0 Å². The molecule has 0 atom stereocenters. The predicted molar refractivity (Wildman–Crippen MR) is 198 cm³/mol. The fraction of sp³-hybridized carbons (Fsp3) is 0.829. The first-order valence-electron chi connectivity index (χ1n) is 19.5. The number of allylic oxidation sites excluding steroid dienone is 4. The van der Waals surface area contributed by atoms with Crippen molar-refractivity contribution in [1.82, 2.24) is 4.90 Å². The first-order chi connectivity index (χ1) is 22.1. The number of carbonyl (C=O) groups excluding carboxylic acids is 1. The zero-order valence-electron chi connectivity index (χ0n) is 30.7. The molecule has 4 heteroatoms. The predicted octanol–water partition coefficient (Wildman–Crippen LogP) is 13.2. The molecular weight excluding hydrogens is 554 g/mol. The topological polar surface area (TPSA) is 38.8 Å². The lowest BCUT2D eigenvalue weighted by Crippen LogP contribution is -2.21. The summed E-state index contributed by atoms with van der Waals surface area (Å²) in [5.74, 6) is 0. The lowest BCUT2D eigenvalue weighted by Gasteiger charge is -2.18. The first-order valence-corrected chi connectivity index (χ1v) is 19.5. The van der Waals surface area contributed by atoms with Crippen LogP contribution in [0.25, 0.3) is 0 Å². The first kappa shape index (κ1) is 43.7. The van der Waals surface area contributed by atoms with Crippen LogP contribution in [-0.2, 0) is 9.47 Å². The second kappa shape index (κ2) is 37.2. The number of unbranched alkanes of at least 4 members (excludes halogenated alkanes) is 22. The maximum absolute atomic E-state index is 12.3. The van der Waals surface area contributed by atoms with Gasteiger partial charge in [-0.05, 0) is 110 Å². The van der Waals surface area contributed by atoms with E-state index in [0.717, 1.165) is 51.5 Å². The van der Waals surface area contributed by atoms with Crippen molar-refractivity contribution in [2.75, 3.05) is 27.2 Å². The van der Waals surface area contributed by atoms with Crippen LogP contribution in [0.2, 0.25) is 0 Å². The molecule has 4 nitrogen and oxygen atoms in total. The van der Waals surface area contributed by atoms with E-state index in [2.05, 4.69) is 55.9 Å². The molecule has 0 unspecified atom stereocenters. The molecule has 0 aliphatic rings. The SMILES string of the molecule is CCCCCC[CH]C/C=C\CCCCCCCC(CCCCCCC/C=C\C[CH]CCCCCC)OC(=O)OCCCN(C)C. The van der Waals surface area contributed by atoms with Gasteiger partial charge < -0.3 is 14.4 Å². The highest BCUT2D eigenvalue weighted by Gasteiger charge is 2.15. The summed E-state index contributed by atoms with van der Waals surface area (Å²) in [4.78, 5) is 14.4. The zero-order chi connectivity index (χ0) is 32.9. The van der Waals surface area contributed by atoms with Gasteiger partial charge in [0.15, 0.2) is 0 Å². The average molecular weight is 632 g/mol. The van der Waals surface area contributed by atoms with Gasteiger partial charge in [-0.1, -0.05) is 128 Å². The van der Waals surface area contributed by atoms with E-state index in [1.54, 1.807) is 0 Å². The van der Waals surface area contributed by atoms with Gasteiger partial charge in [0.25, 0.3) is 0 Å². The Bertz CT molecular complexity index is 605. The van der Waals surface area contributed by atoms with Crippen LogP contribution in [0.3, 0.4) is 0 Å². The third-order valence-corrected chi connectivity index (χ3v) is 8.49. The lowest BCUT2D eigenvalue weighted by atomic mass is 10.0. The molecule has 0 aliphatic carbocycles. The Morgan fingerprint density at radius 3 is 1.49 bits per heavy atom. The second-order valence-electron chi connectivity index (χ2n) is 13.4. The number of ether oxygens (including phenoxy) is 2. The molecule has 2 radical (unpaired) electrons. The molecule has 264 valence electrons. The number of rotatable bonds is 35. The van der Waals surface area contributed by atoms with Gasteiger partial charge in [0, 0.05) is 6.54 Å². The zero-order valence-corrected chi connectivity index (χ0v) is 30.7. The summed E-state index contributed by atoms with van der Waals surface area (Å²) in [7, 11) is 4.07. The van der Waals surface area contributed by atoms with Gasteiger partial charge >= 0.3 is 6.16 Å². The Kier molecular flexibility index (Phi) is 36.1. The van der Waals surface area contributed by atoms with E-state index in [0.29, 0.717) is 6.61 Å². The fourth-order valence-electron chi connectivity index (χ4n) is 5.58. The van der Waals surface area contributed by atoms with Crippen LogP contribution in [-0.4, -0.2) is 44.4 Å². The molecule has 0 aromatic rings. The van der Waals surface area contributed by atoms with E-state index >= 15 is 0 Å². The monoisotopic (exact) mass is 632 g/mol. The quantitative estimate of drug-likeness (QED) is 0.0396. The van der Waals surface area contributed by atoms with Crippen molar-refractivity contribution in [3.63, 3.8) is 0 Å². The highest BCUT2D eigenvalue weighted by molar-refractivity contribution is 5.60. The van der Waals surface area contributed by atoms with Crippen molar-refractivity contribution in [2.45, 2.75) is 193 Å². The third kappa shape index (κ3) is 37.0. The van der Waals surface area contributed by atoms with Crippen molar-refractivity contribution in [2.24, 2.45) is 0 Å². The Balaban J connectivity index is 4.02. The normalized spacial score (nSPS) is 12.0. The summed E-state index contributed by atoms with van der Waals surface area (Å²) in [5.41, 5.74) is 0. The standard InChI is InChI=1S/C41H77NO3/c1-5-7-9-11-13-15-17-19-21-23-25-27-29-31-33-36-40(45-41(43)44-39-35-38-42(3)4)37-34-32-30-28-26-24-22-20-18-16-14-12-10-8-6-2/h15-16,19-22,40H,5-14,17-18,23-39H2,1-4H3/b21-19-,22-20-. The Labute approximate surface area is 282 Å². The largest absolute Gasteiger partial charge is 0.508 e. The summed E-state index contributed by atoms with van der Waals surface area (Å²) in [6.07, 6.45) is 46.9. The van der Waals surface area contributed by atoms with Gasteiger partial charge in [0.05, 0.1) is 6.61 Å². The molecule has 0 saturated carbocycles. The van der Waals surface area contributed by atoms with Gasteiger partial charge in [-0.15, -0.1) is 0 Å². The Morgan fingerprint density at radius 1 is 0.556 bits per heavy atom. The minimum Gasteiger partial charge on any atom is -0.434 e. The van der Waals surface area contributed by atoms with Crippen LogP contribution in [0, 0.1) is 12.8 Å². The summed E-state index contributed by atoms with van der Waals surface area (Å²) >= 11 is 0. The van der Waals surface area contributed by atoms with Crippen molar-refractivity contribution in [1.29, 1.82) is 0 Å². The smallest absolute Gasteiger partial charge is 0.434 e. The van der Waals surface area contributed by atoms with E-state index in [-0.39, 0.29) is 6.10 Å². The van der Waals surface area contributed by atoms with Crippen LogP contribution in [0.5, 0.6) is 0 Å². The molecule has 0 spiro atoms. The number of hydrogen-bond donors (Lipinski definition) is 0. The van der Waals surface area contributed by atoms with Crippen LogP contribution in [0.1, 0.15) is 187 Å². The molecular formula is C41H77NO3. The van der Waals surface area contributed by atoms with Gasteiger partial charge in [-0.2, -0.15) is 0 Å². The minimum atomic E-state index is -0.478. The van der Waals surface area contributed by atoms with Crippen LogP contribution in [0.4, 0.5) is 4.79 Å². The van der Waals surface area contributed by atoms with E-state index in [1.807, 2.05) is 14.1 Å². The molecule has 0 heterocycles. The molecule has 0 aromatic carbocycles. The Hall–Kier alpha value is -1.29. The van der Waals surface area contributed by atoms with Crippen molar-refractivity contribution in [3.8, 4) is 0 Å². The fourth-order valence-corrected chi connectivity index (χ4v) is 5.58. The number of nitrogens with zero attached hydrogens (tertiary/aromatic N) is 1. The molecule has 0 N–H and O–H groups in total. The molecule has 0 rings (SSSR count). The summed E-state index contributed by atoms with van der Waals surface area (Å²) in [6, 6.07) is 0. The van der Waals surface area contributed by atoms with Crippen LogP contribution in [0.15, 0.2) is 24.3 Å².